The molecule has 0 saturated carbocycles. The van der Waals surface area contributed by atoms with Crippen LogP contribution in [0.3, 0.4) is 0 Å². The number of likely N-dealkylation sites (tertiary alicyclic amines) is 1. The van der Waals surface area contributed by atoms with E-state index in [9.17, 15) is 0 Å². The molecule has 3 aromatic rings. The zero-order chi connectivity index (χ0) is 17.8. The van der Waals surface area contributed by atoms with Crippen LogP contribution in [-0.2, 0) is 6.54 Å². The van der Waals surface area contributed by atoms with Gasteiger partial charge in [-0.2, -0.15) is 0 Å². The summed E-state index contributed by atoms with van der Waals surface area (Å²) in [5.41, 5.74) is 4.14. The van der Waals surface area contributed by atoms with Gasteiger partial charge in [0.05, 0.1) is 35.5 Å². The largest absolute Gasteiger partial charge is 0.322 e. The Labute approximate surface area is 156 Å². The molecule has 1 N–H and O–H groups in total. The molecule has 0 aromatic carbocycles. The Morgan fingerprint density at radius 1 is 1.12 bits per heavy atom. The first-order valence-corrected chi connectivity index (χ1v) is 9.62. The lowest BCUT2D eigenvalue weighted by molar-refractivity contribution is 0.199. The third-order valence-corrected chi connectivity index (χ3v) is 5.55. The maximum Gasteiger partial charge on any atom is 0.150 e. The normalized spacial score (nSPS) is 18.0. The van der Waals surface area contributed by atoms with E-state index in [1.165, 1.54) is 11.3 Å². The monoisotopic (exact) mass is 367 g/mol. The predicted molar refractivity (Wildman–Crippen MR) is 101 cm³/mol. The van der Waals surface area contributed by atoms with E-state index in [1.54, 1.807) is 36.1 Å². The number of thiazole rings is 1. The lowest BCUT2D eigenvalue weighted by Gasteiger charge is -2.32. The standard InChI is InChI=1S/C18H21N7S/c1-13-16(26-12-23-13)11-25-6-2-3-14(10-25)15-7-22-18(9-21-15)24-17-8-19-4-5-20-17/h4-5,7-9,12,14H,2-3,6,10-11H2,1H3,(H,20,22,24)/t14-/m0/s1. The van der Waals surface area contributed by atoms with Crippen molar-refractivity contribution in [2.45, 2.75) is 32.2 Å². The Bertz CT molecular complexity index is 834. The van der Waals surface area contributed by atoms with Crippen LogP contribution in [0.4, 0.5) is 11.6 Å². The highest BCUT2D eigenvalue weighted by molar-refractivity contribution is 7.09. The fraction of sp³-hybridized carbons (Fsp3) is 0.389. The van der Waals surface area contributed by atoms with Crippen LogP contribution in [0.1, 0.15) is 35.0 Å². The number of nitrogens with zero attached hydrogens (tertiary/aromatic N) is 6. The molecule has 7 nitrogen and oxygen atoms in total. The number of hydrogen-bond donors (Lipinski definition) is 1. The lowest BCUT2D eigenvalue weighted by atomic mass is 9.95. The Morgan fingerprint density at radius 3 is 2.77 bits per heavy atom. The number of anilines is 2. The molecule has 8 heteroatoms. The van der Waals surface area contributed by atoms with Crippen molar-refractivity contribution in [2.24, 2.45) is 0 Å². The summed E-state index contributed by atoms with van der Waals surface area (Å²) < 4.78 is 0. The predicted octanol–water partition coefficient (Wildman–Crippen LogP) is 3.15. The van der Waals surface area contributed by atoms with Crippen LogP contribution in [-0.4, -0.2) is 42.9 Å². The second-order valence-electron chi connectivity index (χ2n) is 6.48. The van der Waals surface area contributed by atoms with Gasteiger partial charge in [0.2, 0.25) is 0 Å². The summed E-state index contributed by atoms with van der Waals surface area (Å²) >= 11 is 1.74. The zero-order valence-corrected chi connectivity index (χ0v) is 15.5. The minimum atomic E-state index is 0.426. The van der Waals surface area contributed by atoms with Crippen molar-refractivity contribution in [2.75, 3.05) is 18.4 Å². The highest BCUT2D eigenvalue weighted by Gasteiger charge is 2.23. The Morgan fingerprint density at radius 2 is 2.04 bits per heavy atom. The van der Waals surface area contributed by atoms with Gasteiger partial charge in [-0.3, -0.25) is 14.9 Å². The second kappa shape index (κ2) is 7.84. The number of rotatable bonds is 5. The van der Waals surface area contributed by atoms with Crippen LogP contribution in [0.5, 0.6) is 0 Å². The van der Waals surface area contributed by atoms with E-state index in [4.69, 9.17) is 0 Å². The van der Waals surface area contributed by atoms with Crippen LogP contribution in [0.25, 0.3) is 0 Å². The maximum atomic E-state index is 4.64. The molecule has 0 bridgehead atoms. The van der Waals surface area contributed by atoms with Gasteiger partial charge in [-0.05, 0) is 26.3 Å². The summed E-state index contributed by atoms with van der Waals surface area (Å²) in [7, 11) is 0. The van der Waals surface area contributed by atoms with Gasteiger partial charge >= 0.3 is 0 Å². The van der Waals surface area contributed by atoms with Gasteiger partial charge in [0.15, 0.2) is 0 Å². The van der Waals surface area contributed by atoms with Crippen molar-refractivity contribution in [3.05, 3.63) is 52.8 Å². The van der Waals surface area contributed by atoms with E-state index in [-0.39, 0.29) is 0 Å². The van der Waals surface area contributed by atoms with E-state index in [1.807, 2.05) is 11.7 Å². The number of aryl methyl sites for hydroxylation is 1. The van der Waals surface area contributed by atoms with Gasteiger partial charge in [-0.25, -0.2) is 15.0 Å². The third-order valence-electron chi connectivity index (χ3n) is 4.63. The molecule has 0 aliphatic carbocycles. The Kier molecular flexibility index (Phi) is 5.12. The number of piperidine rings is 1. The molecular formula is C18H21N7S. The van der Waals surface area contributed by atoms with Crippen LogP contribution in [0, 0.1) is 6.92 Å². The molecule has 1 saturated heterocycles. The third kappa shape index (κ3) is 4.03. The molecular weight excluding hydrogens is 346 g/mol. The molecule has 0 radical (unpaired) electrons. The first-order chi connectivity index (χ1) is 12.8. The summed E-state index contributed by atoms with van der Waals surface area (Å²) in [6.07, 6.45) is 10.9. The molecule has 1 fully saturated rings. The topological polar surface area (TPSA) is 79.7 Å². The molecule has 0 amide bonds. The SMILES string of the molecule is Cc1ncsc1CN1CCC[C@H](c2cnc(Nc3cnccn3)cn2)C1. The van der Waals surface area contributed by atoms with Crippen molar-refractivity contribution >= 4 is 23.0 Å². The lowest BCUT2D eigenvalue weighted by Crippen LogP contribution is -2.34. The summed E-state index contributed by atoms with van der Waals surface area (Å²) in [5.74, 6) is 1.77. The number of nitrogens with one attached hydrogen (secondary N) is 1. The highest BCUT2D eigenvalue weighted by atomic mass is 32.1. The number of hydrogen-bond acceptors (Lipinski definition) is 8. The van der Waals surface area contributed by atoms with Crippen LogP contribution in [0.15, 0.2) is 36.5 Å². The average Bonchev–Trinajstić information content (AvgIpc) is 3.08. The molecule has 0 spiro atoms. The van der Waals surface area contributed by atoms with Gasteiger partial charge in [0.25, 0.3) is 0 Å². The molecule has 3 aromatic heterocycles. The van der Waals surface area contributed by atoms with Crippen molar-refractivity contribution in [1.82, 2.24) is 29.8 Å². The van der Waals surface area contributed by atoms with Crippen molar-refractivity contribution in [1.29, 1.82) is 0 Å². The van der Waals surface area contributed by atoms with Crippen LogP contribution in [0.2, 0.25) is 0 Å². The highest BCUT2D eigenvalue weighted by Crippen LogP contribution is 2.27. The summed E-state index contributed by atoms with van der Waals surface area (Å²) in [4.78, 5) is 25.6. The Balaban J connectivity index is 1.39. The van der Waals surface area contributed by atoms with Gasteiger partial charge in [0, 0.05) is 36.3 Å². The fourth-order valence-electron chi connectivity index (χ4n) is 3.23. The first kappa shape index (κ1) is 17.0. The van der Waals surface area contributed by atoms with E-state index in [2.05, 4.69) is 42.1 Å². The van der Waals surface area contributed by atoms with Crippen molar-refractivity contribution in [3.8, 4) is 0 Å². The van der Waals surface area contributed by atoms with Gasteiger partial charge in [-0.1, -0.05) is 0 Å². The molecule has 4 heterocycles. The van der Waals surface area contributed by atoms with Gasteiger partial charge < -0.3 is 5.32 Å². The molecule has 1 atom stereocenters. The average molecular weight is 367 g/mol. The van der Waals surface area contributed by atoms with E-state index >= 15 is 0 Å². The summed E-state index contributed by atoms with van der Waals surface area (Å²) in [6.45, 7) is 5.21. The first-order valence-electron chi connectivity index (χ1n) is 8.74. The fourth-order valence-corrected chi connectivity index (χ4v) is 4.05. The molecule has 26 heavy (non-hydrogen) atoms. The van der Waals surface area contributed by atoms with E-state index < -0.39 is 0 Å². The summed E-state index contributed by atoms with van der Waals surface area (Å²) in [5, 5.41) is 3.12. The van der Waals surface area contributed by atoms with Crippen LogP contribution < -0.4 is 5.32 Å². The quantitative estimate of drug-likeness (QED) is 0.742. The maximum absolute atomic E-state index is 4.64. The van der Waals surface area contributed by atoms with Gasteiger partial charge in [-0.15, -0.1) is 11.3 Å². The van der Waals surface area contributed by atoms with E-state index in [0.717, 1.165) is 37.4 Å². The van der Waals surface area contributed by atoms with Crippen LogP contribution >= 0.6 is 11.3 Å². The smallest absolute Gasteiger partial charge is 0.150 e. The molecule has 0 unspecified atom stereocenters. The van der Waals surface area contributed by atoms with E-state index in [0.29, 0.717) is 17.6 Å². The van der Waals surface area contributed by atoms with Crippen molar-refractivity contribution in [3.63, 3.8) is 0 Å². The molecule has 134 valence electrons. The number of aromatic nitrogens is 5. The minimum absolute atomic E-state index is 0.426. The second-order valence-corrected chi connectivity index (χ2v) is 7.42. The van der Waals surface area contributed by atoms with Gasteiger partial charge in [0.1, 0.15) is 11.6 Å². The van der Waals surface area contributed by atoms with Crippen molar-refractivity contribution < 1.29 is 0 Å². The minimum Gasteiger partial charge on any atom is -0.322 e. The zero-order valence-electron chi connectivity index (χ0n) is 14.7. The molecule has 1 aliphatic heterocycles. The molecule has 1 aliphatic rings. The molecule has 4 rings (SSSR count). The summed E-state index contributed by atoms with van der Waals surface area (Å²) in [6, 6.07) is 0. The Hall–Kier alpha value is -2.45.